The molecule has 2 rings (SSSR count). The monoisotopic (exact) mass is 241 g/mol. The summed E-state index contributed by atoms with van der Waals surface area (Å²) in [7, 11) is 0. The Morgan fingerprint density at radius 1 is 1.35 bits per heavy atom. The highest BCUT2D eigenvalue weighted by molar-refractivity contribution is 5.70. The van der Waals surface area contributed by atoms with Gasteiger partial charge < -0.3 is 9.84 Å². The summed E-state index contributed by atoms with van der Waals surface area (Å²) in [5, 5.41) is 10.1. The predicted octanol–water partition coefficient (Wildman–Crippen LogP) is 2.30. The van der Waals surface area contributed by atoms with Crippen LogP contribution in [-0.4, -0.2) is 39.9 Å². The summed E-state index contributed by atoms with van der Waals surface area (Å²) in [4.78, 5) is 13.9. The molecule has 1 heterocycles. The molecule has 1 aliphatic heterocycles. The Labute approximate surface area is 103 Å². The van der Waals surface area contributed by atoms with E-state index in [-0.39, 0.29) is 17.7 Å². The quantitative estimate of drug-likeness (QED) is 0.708. The summed E-state index contributed by atoms with van der Waals surface area (Å²) in [6.07, 6.45) is 3.95. The minimum atomic E-state index is -0.468. The Morgan fingerprint density at radius 3 is 2.53 bits per heavy atom. The van der Waals surface area contributed by atoms with Gasteiger partial charge in [0.1, 0.15) is 5.60 Å². The van der Waals surface area contributed by atoms with Crippen molar-refractivity contribution in [2.45, 2.75) is 70.1 Å². The molecule has 0 unspecified atom stereocenters. The van der Waals surface area contributed by atoms with Gasteiger partial charge in [-0.15, -0.1) is 0 Å². The third-order valence-corrected chi connectivity index (χ3v) is 3.85. The molecule has 2 aliphatic rings. The number of nitrogens with zero attached hydrogens (tertiary/aromatic N) is 1. The molecular weight excluding hydrogens is 218 g/mol. The normalized spacial score (nSPS) is 33.4. The van der Waals surface area contributed by atoms with Crippen LogP contribution in [0.2, 0.25) is 0 Å². The zero-order valence-electron chi connectivity index (χ0n) is 11.0. The van der Waals surface area contributed by atoms with Crippen LogP contribution in [0.1, 0.15) is 52.9 Å². The third-order valence-electron chi connectivity index (χ3n) is 3.85. The molecular formula is C13H23NO3. The SMILES string of the molecule is CC(C)(C)OC(=O)N1CCC[C@]12CCC[C@@H]2O. The van der Waals surface area contributed by atoms with Crippen LogP contribution in [-0.2, 0) is 4.74 Å². The Kier molecular flexibility index (Phi) is 3.10. The molecule has 1 N–H and O–H groups in total. The van der Waals surface area contributed by atoms with Crippen LogP contribution in [0.4, 0.5) is 4.79 Å². The van der Waals surface area contributed by atoms with E-state index < -0.39 is 5.60 Å². The van der Waals surface area contributed by atoms with Crippen LogP contribution < -0.4 is 0 Å². The molecule has 4 nitrogen and oxygen atoms in total. The van der Waals surface area contributed by atoms with Gasteiger partial charge in [0, 0.05) is 6.54 Å². The van der Waals surface area contributed by atoms with E-state index in [9.17, 15) is 9.90 Å². The van der Waals surface area contributed by atoms with E-state index >= 15 is 0 Å². The number of aliphatic hydroxyl groups excluding tert-OH is 1. The highest BCUT2D eigenvalue weighted by Crippen LogP contribution is 2.43. The first-order valence-electron chi connectivity index (χ1n) is 6.54. The number of carbonyl (C=O) groups is 1. The average molecular weight is 241 g/mol. The molecule has 1 aliphatic carbocycles. The lowest BCUT2D eigenvalue weighted by molar-refractivity contribution is -0.0205. The molecule has 1 spiro atoms. The average Bonchev–Trinajstić information content (AvgIpc) is 2.74. The van der Waals surface area contributed by atoms with Crippen molar-refractivity contribution in [2.24, 2.45) is 0 Å². The Hall–Kier alpha value is -0.770. The molecule has 4 heteroatoms. The van der Waals surface area contributed by atoms with Crippen molar-refractivity contribution in [1.29, 1.82) is 0 Å². The van der Waals surface area contributed by atoms with E-state index in [0.29, 0.717) is 6.54 Å². The van der Waals surface area contributed by atoms with E-state index in [1.165, 1.54) is 0 Å². The van der Waals surface area contributed by atoms with Gasteiger partial charge in [0.2, 0.25) is 0 Å². The van der Waals surface area contributed by atoms with Gasteiger partial charge in [-0.2, -0.15) is 0 Å². The smallest absolute Gasteiger partial charge is 0.410 e. The van der Waals surface area contributed by atoms with Crippen LogP contribution >= 0.6 is 0 Å². The second-order valence-corrected chi connectivity index (χ2v) is 6.25. The van der Waals surface area contributed by atoms with Crippen LogP contribution in [0.5, 0.6) is 0 Å². The maximum absolute atomic E-state index is 12.2. The van der Waals surface area contributed by atoms with E-state index in [4.69, 9.17) is 4.74 Å². The highest BCUT2D eigenvalue weighted by Gasteiger charge is 2.52. The first-order valence-corrected chi connectivity index (χ1v) is 6.54. The standard InChI is InChI=1S/C13H23NO3/c1-12(2,3)17-11(16)14-9-5-8-13(14)7-4-6-10(13)15/h10,15H,4-9H2,1-3H3/t10-,13-/m0/s1. The summed E-state index contributed by atoms with van der Waals surface area (Å²) in [6.45, 7) is 6.34. The molecule has 0 aromatic heterocycles. The van der Waals surface area contributed by atoms with Crippen LogP contribution in [0, 0.1) is 0 Å². The van der Waals surface area contributed by atoms with E-state index in [0.717, 1.165) is 32.1 Å². The van der Waals surface area contributed by atoms with Gasteiger partial charge in [-0.25, -0.2) is 4.79 Å². The minimum Gasteiger partial charge on any atom is -0.444 e. The lowest BCUT2D eigenvalue weighted by Gasteiger charge is -2.38. The number of ether oxygens (including phenoxy) is 1. The molecule has 17 heavy (non-hydrogen) atoms. The topological polar surface area (TPSA) is 49.8 Å². The minimum absolute atomic E-state index is 0.268. The van der Waals surface area contributed by atoms with E-state index in [2.05, 4.69) is 0 Å². The number of amides is 1. The fraction of sp³-hybridized carbons (Fsp3) is 0.923. The maximum atomic E-state index is 12.2. The van der Waals surface area contributed by atoms with Gasteiger partial charge in [-0.05, 0) is 52.9 Å². The molecule has 1 saturated heterocycles. The summed E-state index contributed by atoms with van der Waals surface area (Å²) >= 11 is 0. The molecule has 1 saturated carbocycles. The van der Waals surface area contributed by atoms with Crippen LogP contribution in [0.15, 0.2) is 0 Å². The maximum Gasteiger partial charge on any atom is 0.410 e. The fourth-order valence-electron chi connectivity index (χ4n) is 3.13. The van der Waals surface area contributed by atoms with Gasteiger partial charge in [-0.1, -0.05) is 0 Å². The molecule has 0 aromatic carbocycles. The second kappa shape index (κ2) is 4.16. The lowest BCUT2D eigenvalue weighted by atomic mass is 9.92. The van der Waals surface area contributed by atoms with Crippen molar-refractivity contribution in [3.63, 3.8) is 0 Å². The third kappa shape index (κ3) is 2.28. The molecule has 0 bridgehead atoms. The van der Waals surface area contributed by atoms with Gasteiger partial charge in [0.05, 0.1) is 11.6 Å². The summed E-state index contributed by atoms with van der Waals surface area (Å²) in [5.41, 5.74) is -0.799. The molecule has 2 atom stereocenters. The van der Waals surface area contributed by atoms with Crippen molar-refractivity contribution in [2.75, 3.05) is 6.54 Å². The number of hydrogen-bond donors (Lipinski definition) is 1. The first kappa shape index (κ1) is 12.7. The van der Waals surface area contributed by atoms with Crippen LogP contribution in [0.3, 0.4) is 0 Å². The number of hydrogen-bond acceptors (Lipinski definition) is 3. The van der Waals surface area contributed by atoms with Crippen molar-refractivity contribution in [3.05, 3.63) is 0 Å². The number of rotatable bonds is 0. The highest BCUT2D eigenvalue weighted by atomic mass is 16.6. The molecule has 0 aromatic rings. The largest absolute Gasteiger partial charge is 0.444 e. The van der Waals surface area contributed by atoms with Crippen molar-refractivity contribution < 1.29 is 14.6 Å². The molecule has 0 radical (unpaired) electrons. The number of carbonyl (C=O) groups excluding carboxylic acids is 1. The number of aliphatic hydroxyl groups is 1. The zero-order chi connectivity index (χ0) is 12.7. The lowest BCUT2D eigenvalue weighted by Crippen LogP contribution is -2.53. The van der Waals surface area contributed by atoms with Gasteiger partial charge in [-0.3, -0.25) is 4.90 Å². The fourth-order valence-corrected chi connectivity index (χ4v) is 3.13. The van der Waals surface area contributed by atoms with Crippen molar-refractivity contribution >= 4 is 6.09 Å². The molecule has 98 valence electrons. The van der Waals surface area contributed by atoms with E-state index in [1.54, 1.807) is 4.90 Å². The van der Waals surface area contributed by atoms with Gasteiger partial charge in [0.15, 0.2) is 0 Å². The second-order valence-electron chi connectivity index (χ2n) is 6.25. The van der Waals surface area contributed by atoms with Crippen molar-refractivity contribution in [3.8, 4) is 0 Å². The van der Waals surface area contributed by atoms with E-state index in [1.807, 2.05) is 20.8 Å². The Bertz CT molecular complexity index is 306. The predicted molar refractivity (Wildman–Crippen MR) is 64.8 cm³/mol. The van der Waals surface area contributed by atoms with Crippen LogP contribution in [0.25, 0.3) is 0 Å². The van der Waals surface area contributed by atoms with Gasteiger partial charge in [0.25, 0.3) is 0 Å². The zero-order valence-corrected chi connectivity index (χ0v) is 11.0. The summed E-state index contributed by atoms with van der Waals surface area (Å²) < 4.78 is 5.43. The van der Waals surface area contributed by atoms with Gasteiger partial charge >= 0.3 is 6.09 Å². The Balaban J connectivity index is 2.12. The van der Waals surface area contributed by atoms with Crippen molar-refractivity contribution in [1.82, 2.24) is 4.90 Å². The first-order chi connectivity index (χ1) is 7.85. The summed E-state index contributed by atoms with van der Waals surface area (Å²) in [6, 6.07) is 0. The molecule has 1 amide bonds. The summed E-state index contributed by atoms with van der Waals surface area (Å²) in [5.74, 6) is 0. The Morgan fingerprint density at radius 2 is 2.00 bits per heavy atom. The molecule has 2 fully saturated rings. The number of likely N-dealkylation sites (tertiary alicyclic amines) is 1.